The summed E-state index contributed by atoms with van der Waals surface area (Å²) in [5.41, 5.74) is 0.0470. The van der Waals surface area contributed by atoms with Gasteiger partial charge in [-0.05, 0) is 19.0 Å². The van der Waals surface area contributed by atoms with Gasteiger partial charge in [0.15, 0.2) is 11.5 Å². The summed E-state index contributed by atoms with van der Waals surface area (Å²) in [6.07, 6.45) is 2.46. The molecular weight excluding hydrogens is 265 g/mol. The maximum Gasteiger partial charge on any atom is 0.297 e. The fourth-order valence-corrected chi connectivity index (χ4v) is 1.76. The van der Waals surface area contributed by atoms with Gasteiger partial charge in [-0.25, -0.2) is 9.07 Å². The molecule has 0 fully saturated rings. The molecule has 1 aromatic heterocycles. The molecule has 7 nitrogen and oxygen atoms in total. The first kappa shape index (κ1) is 14.1. The molecule has 0 aliphatic carbocycles. The number of nitrogens with zero attached hydrogens (tertiary/aromatic N) is 4. The Morgan fingerprint density at radius 3 is 3.00 bits per heavy atom. The number of halogens is 1. The summed E-state index contributed by atoms with van der Waals surface area (Å²) in [4.78, 5) is 10.3. The standard InChI is InChI=1S/C12H14FN5O2/c1-2-6-14-7-9-8-17(16-15-9)12-10(13)4-3-5-11(12)18(19)20/h3-5,8,14H,2,6-7H2,1H3. The molecule has 2 aromatic rings. The summed E-state index contributed by atoms with van der Waals surface area (Å²) in [7, 11) is 0. The Labute approximate surface area is 114 Å². The van der Waals surface area contributed by atoms with Crippen LogP contribution in [0.5, 0.6) is 0 Å². The van der Waals surface area contributed by atoms with Crippen LogP contribution in [0.15, 0.2) is 24.4 Å². The van der Waals surface area contributed by atoms with Crippen molar-refractivity contribution in [2.24, 2.45) is 0 Å². The topological polar surface area (TPSA) is 85.9 Å². The van der Waals surface area contributed by atoms with Crippen LogP contribution in [-0.4, -0.2) is 26.5 Å². The third-order valence-electron chi connectivity index (χ3n) is 2.67. The van der Waals surface area contributed by atoms with Crippen LogP contribution in [-0.2, 0) is 6.54 Å². The lowest BCUT2D eigenvalue weighted by Crippen LogP contribution is -2.13. The van der Waals surface area contributed by atoms with Gasteiger partial charge in [0, 0.05) is 12.6 Å². The van der Waals surface area contributed by atoms with E-state index in [-0.39, 0.29) is 11.4 Å². The van der Waals surface area contributed by atoms with Gasteiger partial charge in [-0.1, -0.05) is 18.2 Å². The average molecular weight is 279 g/mol. The van der Waals surface area contributed by atoms with Crippen LogP contribution in [0.25, 0.3) is 5.69 Å². The summed E-state index contributed by atoms with van der Waals surface area (Å²) in [6.45, 7) is 3.34. The summed E-state index contributed by atoms with van der Waals surface area (Å²) in [6, 6.07) is 3.67. The number of aromatic nitrogens is 3. The van der Waals surface area contributed by atoms with Crippen molar-refractivity contribution in [3.8, 4) is 5.69 Å². The molecule has 0 radical (unpaired) electrons. The van der Waals surface area contributed by atoms with E-state index in [4.69, 9.17) is 0 Å². The summed E-state index contributed by atoms with van der Waals surface area (Å²) >= 11 is 0. The van der Waals surface area contributed by atoms with Crippen LogP contribution in [0.1, 0.15) is 19.0 Å². The number of hydrogen-bond acceptors (Lipinski definition) is 5. The Morgan fingerprint density at radius 2 is 2.30 bits per heavy atom. The smallest absolute Gasteiger partial charge is 0.297 e. The third kappa shape index (κ3) is 2.97. The van der Waals surface area contributed by atoms with Crippen molar-refractivity contribution in [2.45, 2.75) is 19.9 Å². The number of nitro groups is 1. The van der Waals surface area contributed by atoms with Crippen molar-refractivity contribution >= 4 is 5.69 Å². The van der Waals surface area contributed by atoms with Gasteiger partial charge in [0.1, 0.15) is 0 Å². The molecule has 0 saturated heterocycles. The SMILES string of the molecule is CCCNCc1cn(-c2c(F)cccc2[N+](=O)[O-])nn1. The van der Waals surface area contributed by atoms with Gasteiger partial charge in [0.05, 0.1) is 16.8 Å². The quantitative estimate of drug-likeness (QED) is 0.495. The van der Waals surface area contributed by atoms with E-state index in [0.717, 1.165) is 23.7 Å². The summed E-state index contributed by atoms with van der Waals surface area (Å²) in [5, 5.41) is 21.7. The number of rotatable bonds is 6. The first-order valence-electron chi connectivity index (χ1n) is 6.18. The average Bonchev–Trinajstić information content (AvgIpc) is 2.87. The van der Waals surface area contributed by atoms with Crippen molar-refractivity contribution in [1.82, 2.24) is 20.3 Å². The van der Waals surface area contributed by atoms with Crippen LogP contribution < -0.4 is 5.32 Å². The van der Waals surface area contributed by atoms with Crippen molar-refractivity contribution < 1.29 is 9.31 Å². The number of nitrogens with one attached hydrogen (secondary N) is 1. The van der Waals surface area contributed by atoms with Crippen molar-refractivity contribution in [2.75, 3.05) is 6.54 Å². The Hall–Kier alpha value is -2.35. The van der Waals surface area contributed by atoms with E-state index in [1.54, 1.807) is 0 Å². The Bertz CT molecular complexity index is 614. The van der Waals surface area contributed by atoms with Gasteiger partial charge in [0.2, 0.25) is 0 Å². The van der Waals surface area contributed by atoms with E-state index in [9.17, 15) is 14.5 Å². The van der Waals surface area contributed by atoms with Gasteiger partial charge in [-0.2, -0.15) is 0 Å². The second-order valence-electron chi connectivity index (χ2n) is 4.20. The molecule has 1 N–H and O–H groups in total. The second kappa shape index (κ2) is 6.20. The molecule has 0 bridgehead atoms. The molecule has 2 rings (SSSR count). The molecule has 0 aliphatic heterocycles. The van der Waals surface area contributed by atoms with E-state index in [2.05, 4.69) is 15.6 Å². The predicted octanol–water partition coefficient (Wildman–Crippen LogP) is 1.81. The Morgan fingerprint density at radius 1 is 1.50 bits per heavy atom. The van der Waals surface area contributed by atoms with Gasteiger partial charge < -0.3 is 5.32 Å². The van der Waals surface area contributed by atoms with Gasteiger partial charge >= 0.3 is 0 Å². The zero-order valence-corrected chi connectivity index (χ0v) is 10.9. The Kier molecular flexibility index (Phi) is 4.36. The van der Waals surface area contributed by atoms with Crippen LogP contribution in [0.4, 0.5) is 10.1 Å². The highest BCUT2D eigenvalue weighted by Crippen LogP contribution is 2.24. The highest BCUT2D eigenvalue weighted by atomic mass is 19.1. The molecule has 0 unspecified atom stereocenters. The molecular formula is C12H14FN5O2. The first-order valence-corrected chi connectivity index (χ1v) is 6.18. The minimum atomic E-state index is -0.711. The fourth-order valence-electron chi connectivity index (χ4n) is 1.76. The minimum absolute atomic E-state index is 0.202. The Balaban J connectivity index is 2.30. The highest BCUT2D eigenvalue weighted by molar-refractivity contribution is 5.52. The third-order valence-corrected chi connectivity index (χ3v) is 2.67. The zero-order chi connectivity index (χ0) is 14.5. The molecule has 1 heterocycles. The molecule has 1 aromatic carbocycles. The molecule has 106 valence electrons. The zero-order valence-electron chi connectivity index (χ0n) is 10.9. The van der Waals surface area contributed by atoms with Crippen LogP contribution in [0.3, 0.4) is 0 Å². The van der Waals surface area contributed by atoms with Gasteiger partial charge in [0.25, 0.3) is 5.69 Å². The predicted molar refractivity (Wildman–Crippen MR) is 70.0 cm³/mol. The second-order valence-corrected chi connectivity index (χ2v) is 4.20. The summed E-state index contributed by atoms with van der Waals surface area (Å²) in [5.74, 6) is -0.711. The summed E-state index contributed by atoms with van der Waals surface area (Å²) < 4.78 is 14.9. The molecule has 0 amide bonds. The number of nitro benzene ring substituents is 1. The minimum Gasteiger partial charge on any atom is -0.311 e. The van der Waals surface area contributed by atoms with Crippen LogP contribution in [0, 0.1) is 15.9 Å². The van der Waals surface area contributed by atoms with E-state index < -0.39 is 10.7 Å². The fraction of sp³-hybridized carbons (Fsp3) is 0.333. The van der Waals surface area contributed by atoms with Gasteiger partial charge in [-0.15, -0.1) is 5.10 Å². The van der Waals surface area contributed by atoms with E-state index in [1.807, 2.05) is 6.92 Å². The molecule has 0 saturated carbocycles. The molecule has 0 spiro atoms. The molecule has 0 aliphatic rings. The van der Waals surface area contributed by atoms with E-state index in [0.29, 0.717) is 12.2 Å². The largest absolute Gasteiger partial charge is 0.311 e. The molecule has 0 atom stereocenters. The number of para-hydroxylation sites is 1. The van der Waals surface area contributed by atoms with E-state index >= 15 is 0 Å². The highest BCUT2D eigenvalue weighted by Gasteiger charge is 2.20. The number of hydrogen-bond donors (Lipinski definition) is 1. The normalized spacial score (nSPS) is 10.7. The lowest BCUT2D eigenvalue weighted by atomic mass is 10.2. The van der Waals surface area contributed by atoms with Crippen molar-refractivity contribution in [3.05, 3.63) is 46.0 Å². The van der Waals surface area contributed by atoms with Crippen molar-refractivity contribution in [1.29, 1.82) is 0 Å². The van der Waals surface area contributed by atoms with E-state index in [1.165, 1.54) is 18.3 Å². The lowest BCUT2D eigenvalue weighted by Gasteiger charge is -2.02. The first-order chi connectivity index (χ1) is 9.63. The van der Waals surface area contributed by atoms with Crippen molar-refractivity contribution in [3.63, 3.8) is 0 Å². The monoisotopic (exact) mass is 279 g/mol. The number of benzene rings is 1. The maximum absolute atomic E-state index is 13.8. The van der Waals surface area contributed by atoms with Crippen LogP contribution in [0.2, 0.25) is 0 Å². The maximum atomic E-state index is 13.8. The van der Waals surface area contributed by atoms with Gasteiger partial charge in [-0.3, -0.25) is 10.1 Å². The lowest BCUT2D eigenvalue weighted by molar-refractivity contribution is -0.384. The molecule has 20 heavy (non-hydrogen) atoms. The molecule has 8 heteroatoms. The van der Waals surface area contributed by atoms with Crippen LogP contribution >= 0.6 is 0 Å².